The fourth-order valence-corrected chi connectivity index (χ4v) is 1.52. The van der Waals surface area contributed by atoms with Crippen molar-refractivity contribution in [1.29, 1.82) is 0 Å². The summed E-state index contributed by atoms with van der Waals surface area (Å²) in [5.41, 5.74) is 0. The van der Waals surface area contributed by atoms with Crippen molar-refractivity contribution in [2.24, 2.45) is 0 Å². The number of esters is 1. The third kappa shape index (κ3) is 6.61. The van der Waals surface area contributed by atoms with E-state index in [2.05, 4.69) is 24.1 Å². The molecule has 1 N–H and O–H groups in total. The Bertz CT molecular complexity index is 212. The predicted octanol–water partition coefficient (Wildman–Crippen LogP) is 0.494. The standard InChI is InChI=1S/C12H26N2O3/c1-6-7-13-11(12(15)17-5)8-14(3)10(2)9-16-4/h10-11,13H,6-9H2,1-5H3. The zero-order chi connectivity index (χ0) is 13.3. The number of ether oxygens (including phenoxy) is 2. The van der Waals surface area contributed by atoms with Crippen molar-refractivity contribution in [3.05, 3.63) is 0 Å². The molecule has 0 amide bonds. The molecule has 0 aliphatic carbocycles. The minimum Gasteiger partial charge on any atom is -0.468 e. The van der Waals surface area contributed by atoms with Gasteiger partial charge in [-0.05, 0) is 26.9 Å². The number of nitrogens with one attached hydrogen (secondary N) is 1. The van der Waals surface area contributed by atoms with Gasteiger partial charge < -0.3 is 14.8 Å². The molecule has 2 atom stereocenters. The Morgan fingerprint density at radius 3 is 2.53 bits per heavy atom. The topological polar surface area (TPSA) is 50.8 Å². The third-order valence-corrected chi connectivity index (χ3v) is 2.76. The monoisotopic (exact) mass is 246 g/mol. The summed E-state index contributed by atoms with van der Waals surface area (Å²) < 4.78 is 9.89. The van der Waals surface area contributed by atoms with E-state index in [0.717, 1.165) is 13.0 Å². The number of rotatable bonds is 9. The molecule has 0 saturated heterocycles. The van der Waals surface area contributed by atoms with Crippen LogP contribution in [0.4, 0.5) is 0 Å². The van der Waals surface area contributed by atoms with Crippen LogP contribution >= 0.6 is 0 Å². The molecule has 0 radical (unpaired) electrons. The summed E-state index contributed by atoms with van der Waals surface area (Å²) in [6, 6.07) is -0.000149. The second-order valence-electron chi connectivity index (χ2n) is 4.27. The first kappa shape index (κ1) is 16.4. The zero-order valence-corrected chi connectivity index (χ0v) is 11.7. The second kappa shape index (κ2) is 9.39. The zero-order valence-electron chi connectivity index (χ0n) is 11.7. The van der Waals surface area contributed by atoms with Crippen LogP contribution in [0.1, 0.15) is 20.3 Å². The van der Waals surface area contributed by atoms with Gasteiger partial charge in [0.1, 0.15) is 6.04 Å². The highest BCUT2D eigenvalue weighted by molar-refractivity contribution is 5.75. The first-order chi connectivity index (χ1) is 8.06. The van der Waals surface area contributed by atoms with Crippen LogP contribution in [-0.4, -0.2) is 63.9 Å². The van der Waals surface area contributed by atoms with Gasteiger partial charge in [0.15, 0.2) is 0 Å². The summed E-state index contributed by atoms with van der Waals surface area (Å²) in [6.45, 7) is 6.22. The lowest BCUT2D eigenvalue weighted by molar-refractivity contribution is -0.143. The molecule has 0 heterocycles. The maximum absolute atomic E-state index is 11.6. The van der Waals surface area contributed by atoms with Gasteiger partial charge in [-0.3, -0.25) is 9.69 Å². The van der Waals surface area contributed by atoms with Gasteiger partial charge in [0.25, 0.3) is 0 Å². The Morgan fingerprint density at radius 1 is 1.41 bits per heavy atom. The van der Waals surface area contributed by atoms with E-state index in [0.29, 0.717) is 13.2 Å². The van der Waals surface area contributed by atoms with E-state index >= 15 is 0 Å². The number of carbonyl (C=O) groups excluding carboxylic acids is 1. The maximum atomic E-state index is 11.6. The molecule has 0 bridgehead atoms. The molecule has 0 aromatic carbocycles. The molecule has 0 aromatic heterocycles. The van der Waals surface area contributed by atoms with Gasteiger partial charge in [0.05, 0.1) is 13.7 Å². The maximum Gasteiger partial charge on any atom is 0.324 e. The quantitative estimate of drug-likeness (QED) is 0.600. The van der Waals surface area contributed by atoms with Crippen LogP contribution in [0.2, 0.25) is 0 Å². The number of nitrogens with zero attached hydrogens (tertiary/aromatic N) is 1. The number of carbonyl (C=O) groups is 1. The lowest BCUT2D eigenvalue weighted by Gasteiger charge is -2.27. The third-order valence-electron chi connectivity index (χ3n) is 2.76. The normalized spacial score (nSPS) is 14.7. The van der Waals surface area contributed by atoms with Gasteiger partial charge in [-0.25, -0.2) is 0 Å². The Hall–Kier alpha value is -0.650. The van der Waals surface area contributed by atoms with Gasteiger partial charge in [0, 0.05) is 19.7 Å². The van der Waals surface area contributed by atoms with Crippen molar-refractivity contribution in [3.63, 3.8) is 0 Å². The van der Waals surface area contributed by atoms with Crippen molar-refractivity contribution in [2.45, 2.75) is 32.4 Å². The van der Waals surface area contributed by atoms with E-state index in [4.69, 9.17) is 9.47 Å². The van der Waals surface area contributed by atoms with Gasteiger partial charge in [-0.15, -0.1) is 0 Å². The molecular formula is C12H26N2O3. The van der Waals surface area contributed by atoms with E-state index in [-0.39, 0.29) is 18.1 Å². The first-order valence-electron chi connectivity index (χ1n) is 6.07. The number of hydrogen-bond donors (Lipinski definition) is 1. The second-order valence-corrected chi connectivity index (χ2v) is 4.27. The van der Waals surface area contributed by atoms with Crippen LogP contribution in [0.5, 0.6) is 0 Å². The summed E-state index contributed by atoms with van der Waals surface area (Å²) in [7, 11) is 5.08. The molecule has 0 aromatic rings. The lowest BCUT2D eigenvalue weighted by Crippen LogP contribution is -2.48. The summed E-state index contributed by atoms with van der Waals surface area (Å²) >= 11 is 0. The van der Waals surface area contributed by atoms with Gasteiger partial charge in [-0.1, -0.05) is 6.92 Å². The molecule has 0 rings (SSSR count). The smallest absolute Gasteiger partial charge is 0.324 e. The number of hydrogen-bond acceptors (Lipinski definition) is 5. The predicted molar refractivity (Wildman–Crippen MR) is 68.1 cm³/mol. The molecule has 102 valence electrons. The molecule has 0 fully saturated rings. The Kier molecular flexibility index (Phi) is 9.03. The Balaban J connectivity index is 4.25. The molecular weight excluding hydrogens is 220 g/mol. The van der Waals surface area contributed by atoms with E-state index in [1.165, 1.54) is 7.11 Å². The Labute approximate surface area is 104 Å². The molecule has 2 unspecified atom stereocenters. The van der Waals surface area contributed by atoms with Crippen molar-refractivity contribution in [1.82, 2.24) is 10.2 Å². The number of methoxy groups -OCH3 is 2. The Morgan fingerprint density at radius 2 is 2.06 bits per heavy atom. The van der Waals surface area contributed by atoms with Crippen LogP contribution in [-0.2, 0) is 14.3 Å². The highest BCUT2D eigenvalue weighted by Crippen LogP contribution is 2.00. The summed E-state index contributed by atoms with van der Waals surface area (Å²) in [6.07, 6.45) is 0.991. The molecule has 0 spiro atoms. The summed E-state index contributed by atoms with van der Waals surface area (Å²) in [5, 5.41) is 3.19. The average Bonchev–Trinajstić information content (AvgIpc) is 2.33. The van der Waals surface area contributed by atoms with Gasteiger partial charge in [0.2, 0.25) is 0 Å². The van der Waals surface area contributed by atoms with Crippen LogP contribution in [0.25, 0.3) is 0 Å². The van der Waals surface area contributed by atoms with E-state index < -0.39 is 0 Å². The summed E-state index contributed by atoms with van der Waals surface area (Å²) in [4.78, 5) is 13.7. The molecule has 5 heteroatoms. The molecule has 0 saturated carbocycles. The van der Waals surface area contributed by atoms with E-state index in [1.54, 1.807) is 7.11 Å². The van der Waals surface area contributed by atoms with E-state index in [1.807, 2.05) is 7.05 Å². The minimum absolute atomic E-state index is 0.213. The van der Waals surface area contributed by atoms with E-state index in [9.17, 15) is 4.79 Å². The SMILES string of the molecule is CCCNC(CN(C)C(C)COC)C(=O)OC. The largest absolute Gasteiger partial charge is 0.468 e. The molecule has 0 aliphatic heterocycles. The highest BCUT2D eigenvalue weighted by Gasteiger charge is 2.22. The average molecular weight is 246 g/mol. The first-order valence-corrected chi connectivity index (χ1v) is 6.07. The summed E-state index contributed by atoms with van der Waals surface area (Å²) in [5.74, 6) is -0.213. The van der Waals surface area contributed by atoms with Crippen LogP contribution in [0.3, 0.4) is 0 Å². The lowest BCUT2D eigenvalue weighted by atomic mass is 10.2. The van der Waals surface area contributed by atoms with Crippen molar-refractivity contribution < 1.29 is 14.3 Å². The van der Waals surface area contributed by atoms with Crippen molar-refractivity contribution >= 4 is 5.97 Å². The molecule has 0 aliphatic rings. The van der Waals surface area contributed by atoms with Crippen LogP contribution < -0.4 is 5.32 Å². The van der Waals surface area contributed by atoms with Crippen LogP contribution in [0.15, 0.2) is 0 Å². The van der Waals surface area contributed by atoms with Gasteiger partial charge in [-0.2, -0.15) is 0 Å². The molecule has 5 nitrogen and oxygen atoms in total. The van der Waals surface area contributed by atoms with Gasteiger partial charge >= 0.3 is 5.97 Å². The number of likely N-dealkylation sites (N-methyl/N-ethyl adjacent to an activating group) is 1. The minimum atomic E-state index is -0.274. The van der Waals surface area contributed by atoms with Crippen molar-refractivity contribution in [2.75, 3.05) is 41.0 Å². The molecule has 17 heavy (non-hydrogen) atoms. The van der Waals surface area contributed by atoms with Crippen molar-refractivity contribution in [3.8, 4) is 0 Å². The highest BCUT2D eigenvalue weighted by atomic mass is 16.5. The fourth-order valence-electron chi connectivity index (χ4n) is 1.52. The van der Waals surface area contributed by atoms with Crippen LogP contribution in [0, 0.1) is 0 Å². The fraction of sp³-hybridized carbons (Fsp3) is 0.917.